The molecule has 2 saturated carbocycles. The van der Waals surface area contributed by atoms with Gasteiger partial charge in [0.05, 0.1) is 0 Å². The van der Waals surface area contributed by atoms with Gasteiger partial charge in [0, 0.05) is 16.6 Å². The number of halogens is 1. The number of rotatable bonds is 5. The summed E-state index contributed by atoms with van der Waals surface area (Å²) in [6, 6.07) is 9.92. The Morgan fingerprint density at radius 1 is 1.18 bits per heavy atom. The van der Waals surface area contributed by atoms with E-state index in [1.54, 1.807) is 0 Å². The summed E-state index contributed by atoms with van der Waals surface area (Å²) in [6.07, 6.45) is 5.78. The minimum atomic E-state index is 0.471. The molecule has 2 aliphatic carbocycles. The fraction of sp³-hybridized carbons (Fsp3) is 0.600. The molecule has 0 spiro atoms. The van der Waals surface area contributed by atoms with E-state index in [9.17, 15) is 0 Å². The zero-order valence-corrected chi connectivity index (χ0v) is 11.9. The van der Waals surface area contributed by atoms with Gasteiger partial charge in [-0.2, -0.15) is 0 Å². The molecule has 1 aromatic carbocycles. The Morgan fingerprint density at radius 3 is 2.35 bits per heavy atom. The zero-order chi connectivity index (χ0) is 11.8. The molecule has 17 heavy (non-hydrogen) atoms. The van der Waals surface area contributed by atoms with Crippen molar-refractivity contribution in [2.45, 2.75) is 44.7 Å². The van der Waals surface area contributed by atoms with Crippen LogP contribution >= 0.6 is 15.9 Å². The monoisotopic (exact) mass is 293 g/mol. The van der Waals surface area contributed by atoms with Gasteiger partial charge in [-0.1, -0.05) is 28.1 Å². The maximum Gasteiger partial charge on any atom is 0.0294 e. The van der Waals surface area contributed by atoms with Crippen LogP contribution in [0.2, 0.25) is 0 Å². The lowest BCUT2D eigenvalue weighted by Gasteiger charge is -2.23. The molecule has 0 saturated heterocycles. The van der Waals surface area contributed by atoms with Crippen LogP contribution in [0.5, 0.6) is 0 Å². The Balaban J connectivity index is 1.66. The molecule has 2 aliphatic rings. The van der Waals surface area contributed by atoms with Crippen molar-refractivity contribution in [3.05, 3.63) is 34.3 Å². The van der Waals surface area contributed by atoms with Crippen LogP contribution in [0.15, 0.2) is 28.7 Å². The first-order valence-corrected chi connectivity index (χ1v) is 7.55. The summed E-state index contributed by atoms with van der Waals surface area (Å²) in [5.74, 6) is 1.94. The van der Waals surface area contributed by atoms with Gasteiger partial charge >= 0.3 is 0 Å². The predicted octanol–water partition coefficient (Wildman–Crippen LogP) is 4.29. The molecule has 1 N–H and O–H groups in total. The smallest absolute Gasteiger partial charge is 0.0294 e. The first-order chi connectivity index (χ1) is 8.24. The highest BCUT2D eigenvalue weighted by atomic mass is 79.9. The molecule has 0 aromatic heterocycles. The van der Waals surface area contributed by atoms with Crippen molar-refractivity contribution < 1.29 is 0 Å². The van der Waals surface area contributed by atoms with Crippen molar-refractivity contribution in [3.63, 3.8) is 0 Å². The van der Waals surface area contributed by atoms with E-state index in [0.29, 0.717) is 6.04 Å². The molecule has 0 bridgehead atoms. The Labute approximate surface area is 112 Å². The van der Waals surface area contributed by atoms with Crippen molar-refractivity contribution in [1.29, 1.82) is 0 Å². The maximum atomic E-state index is 3.86. The molecule has 92 valence electrons. The normalized spacial score (nSPS) is 21.8. The first-order valence-electron chi connectivity index (χ1n) is 6.75. The lowest BCUT2D eigenvalue weighted by atomic mass is 10.0. The van der Waals surface area contributed by atoms with Crippen molar-refractivity contribution in [2.24, 2.45) is 11.8 Å². The van der Waals surface area contributed by atoms with Crippen LogP contribution in [0.1, 0.15) is 44.2 Å². The highest BCUT2D eigenvalue weighted by Gasteiger charge is 2.41. The summed E-state index contributed by atoms with van der Waals surface area (Å²) in [4.78, 5) is 0. The fourth-order valence-corrected chi connectivity index (χ4v) is 3.15. The van der Waals surface area contributed by atoms with Gasteiger partial charge in [-0.05, 0) is 62.1 Å². The van der Waals surface area contributed by atoms with E-state index >= 15 is 0 Å². The summed E-state index contributed by atoms with van der Waals surface area (Å²) in [6.45, 7) is 2.29. The Hall–Kier alpha value is -0.340. The second-order valence-corrected chi connectivity index (χ2v) is 6.56. The number of benzene rings is 1. The van der Waals surface area contributed by atoms with Crippen LogP contribution in [0.3, 0.4) is 0 Å². The van der Waals surface area contributed by atoms with Gasteiger partial charge in [-0.15, -0.1) is 0 Å². The Morgan fingerprint density at radius 2 is 1.82 bits per heavy atom. The highest BCUT2D eigenvalue weighted by molar-refractivity contribution is 9.10. The van der Waals surface area contributed by atoms with Gasteiger partial charge < -0.3 is 5.32 Å². The summed E-state index contributed by atoms with van der Waals surface area (Å²) >= 11 is 3.55. The summed E-state index contributed by atoms with van der Waals surface area (Å²) < 4.78 is 1.18. The van der Waals surface area contributed by atoms with Crippen molar-refractivity contribution >= 4 is 15.9 Å². The van der Waals surface area contributed by atoms with Gasteiger partial charge in [0.25, 0.3) is 0 Å². The predicted molar refractivity (Wildman–Crippen MR) is 74.9 cm³/mol. The number of hydrogen-bond donors (Lipinski definition) is 1. The minimum absolute atomic E-state index is 0.471. The van der Waals surface area contributed by atoms with E-state index in [1.807, 2.05) is 0 Å². The molecular weight excluding hydrogens is 274 g/mol. The van der Waals surface area contributed by atoms with Crippen LogP contribution < -0.4 is 5.32 Å². The summed E-state index contributed by atoms with van der Waals surface area (Å²) in [7, 11) is 0. The van der Waals surface area contributed by atoms with Crippen LogP contribution in [0, 0.1) is 11.8 Å². The van der Waals surface area contributed by atoms with Gasteiger partial charge in [-0.3, -0.25) is 0 Å². The first kappa shape index (κ1) is 11.7. The topological polar surface area (TPSA) is 12.0 Å². The third-order valence-corrected chi connectivity index (χ3v) is 4.54. The highest BCUT2D eigenvalue weighted by Crippen LogP contribution is 2.45. The van der Waals surface area contributed by atoms with Crippen LogP contribution in [0.4, 0.5) is 0 Å². The van der Waals surface area contributed by atoms with E-state index in [2.05, 4.69) is 52.4 Å². The van der Waals surface area contributed by atoms with E-state index in [-0.39, 0.29) is 0 Å². The number of hydrogen-bond acceptors (Lipinski definition) is 1. The lowest BCUT2D eigenvalue weighted by molar-refractivity contribution is 0.377. The largest absolute Gasteiger partial charge is 0.307 e. The molecule has 0 unspecified atom stereocenters. The molecule has 0 radical (unpaired) electrons. The fourth-order valence-electron chi connectivity index (χ4n) is 2.73. The second kappa shape index (κ2) is 4.74. The van der Waals surface area contributed by atoms with Crippen molar-refractivity contribution in [2.75, 3.05) is 0 Å². The average Bonchev–Trinajstić information content (AvgIpc) is 3.16. The van der Waals surface area contributed by atoms with Crippen LogP contribution in [0.25, 0.3) is 0 Å². The van der Waals surface area contributed by atoms with Crippen LogP contribution in [-0.4, -0.2) is 6.04 Å². The molecule has 3 rings (SSSR count). The molecular formula is C15H20BrN. The third-order valence-electron chi connectivity index (χ3n) is 4.05. The van der Waals surface area contributed by atoms with E-state index in [4.69, 9.17) is 0 Å². The molecule has 1 atom stereocenters. The Kier molecular flexibility index (Phi) is 3.27. The lowest BCUT2D eigenvalue weighted by Crippen LogP contribution is -2.35. The van der Waals surface area contributed by atoms with Crippen molar-refractivity contribution in [3.8, 4) is 0 Å². The van der Waals surface area contributed by atoms with Crippen LogP contribution in [-0.2, 0) is 0 Å². The van der Waals surface area contributed by atoms with Gasteiger partial charge in [0.1, 0.15) is 0 Å². The van der Waals surface area contributed by atoms with Crippen molar-refractivity contribution in [1.82, 2.24) is 5.32 Å². The third kappa shape index (κ3) is 2.92. The SMILES string of the molecule is C[C@H](NC(C1CC1)C1CC1)c1cccc(Br)c1. The minimum Gasteiger partial charge on any atom is -0.307 e. The van der Waals surface area contributed by atoms with E-state index in [0.717, 1.165) is 17.9 Å². The Bertz CT molecular complexity index is 384. The molecule has 0 amide bonds. The average molecular weight is 294 g/mol. The quantitative estimate of drug-likeness (QED) is 0.854. The molecule has 2 heteroatoms. The van der Waals surface area contributed by atoms with E-state index in [1.165, 1.54) is 35.7 Å². The van der Waals surface area contributed by atoms with Gasteiger partial charge in [-0.25, -0.2) is 0 Å². The standard InChI is InChI=1S/C15H20BrN/c1-10(13-3-2-4-14(16)9-13)17-15(11-5-6-11)12-7-8-12/h2-4,9-12,15,17H,5-8H2,1H3/t10-/m0/s1. The van der Waals surface area contributed by atoms with E-state index < -0.39 is 0 Å². The van der Waals surface area contributed by atoms with Gasteiger partial charge in [0.2, 0.25) is 0 Å². The molecule has 2 fully saturated rings. The molecule has 0 aliphatic heterocycles. The molecule has 1 nitrogen and oxygen atoms in total. The van der Waals surface area contributed by atoms with Gasteiger partial charge in [0.15, 0.2) is 0 Å². The maximum absolute atomic E-state index is 3.86. The number of nitrogens with one attached hydrogen (secondary N) is 1. The zero-order valence-electron chi connectivity index (χ0n) is 10.3. The molecule has 1 aromatic rings. The second-order valence-electron chi connectivity index (χ2n) is 5.64. The summed E-state index contributed by atoms with van der Waals surface area (Å²) in [5.41, 5.74) is 1.39. The molecule has 0 heterocycles. The summed E-state index contributed by atoms with van der Waals surface area (Å²) in [5, 5.41) is 3.86.